The van der Waals surface area contributed by atoms with E-state index in [9.17, 15) is 17.2 Å². The standard InChI is InChI=1S/C25H28F2O4S/c1-3-25(26,27)19-5-4-6-21(14-19)31-20-9-7-17(8-10-20)23-15-22(30-2)13-18-11-12-32(28,29)16-24(18)23/h4-10,14,16,18,22-23H,3,11-13,15H2,1-2H3. The molecule has 0 amide bonds. The fraction of sp³-hybridized carbons (Fsp3) is 0.440. The van der Waals surface area contributed by atoms with Crippen LogP contribution in [0.5, 0.6) is 11.5 Å². The molecule has 2 aromatic carbocycles. The van der Waals surface area contributed by atoms with Gasteiger partial charge in [0, 0.05) is 30.4 Å². The molecule has 0 bridgehead atoms. The Balaban J connectivity index is 1.57. The largest absolute Gasteiger partial charge is 0.457 e. The number of hydrogen-bond donors (Lipinski definition) is 0. The maximum absolute atomic E-state index is 14.0. The first-order valence-electron chi connectivity index (χ1n) is 10.9. The molecule has 0 aromatic heterocycles. The van der Waals surface area contributed by atoms with E-state index in [0.29, 0.717) is 17.9 Å². The highest BCUT2D eigenvalue weighted by Gasteiger charge is 2.38. The second kappa shape index (κ2) is 8.94. The molecular weight excluding hydrogens is 434 g/mol. The van der Waals surface area contributed by atoms with Gasteiger partial charge in [0.1, 0.15) is 11.5 Å². The van der Waals surface area contributed by atoms with Crippen molar-refractivity contribution >= 4 is 9.84 Å². The minimum atomic E-state index is -3.17. The van der Waals surface area contributed by atoms with Crippen molar-refractivity contribution in [2.45, 2.75) is 50.6 Å². The molecule has 32 heavy (non-hydrogen) atoms. The Hall–Kier alpha value is -2.25. The number of fused-ring (bicyclic) bond motifs is 1. The molecule has 172 valence electrons. The summed E-state index contributed by atoms with van der Waals surface area (Å²) in [6, 6.07) is 13.4. The van der Waals surface area contributed by atoms with E-state index in [0.717, 1.165) is 24.0 Å². The Morgan fingerprint density at radius 1 is 1.06 bits per heavy atom. The summed E-state index contributed by atoms with van der Waals surface area (Å²) in [5.74, 6) is -1.65. The van der Waals surface area contributed by atoms with Crippen LogP contribution in [0.15, 0.2) is 59.5 Å². The van der Waals surface area contributed by atoms with Gasteiger partial charge in [0.05, 0.1) is 11.9 Å². The Kier molecular flexibility index (Phi) is 6.41. The molecule has 0 spiro atoms. The number of hydrogen-bond acceptors (Lipinski definition) is 4. The van der Waals surface area contributed by atoms with Crippen molar-refractivity contribution in [3.8, 4) is 11.5 Å². The number of alkyl halides is 2. The zero-order valence-electron chi connectivity index (χ0n) is 18.3. The maximum Gasteiger partial charge on any atom is 0.273 e. The number of methoxy groups -OCH3 is 1. The first kappa shape index (κ1) is 22.9. The lowest BCUT2D eigenvalue weighted by atomic mass is 9.72. The lowest BCUT2D eigenvalue weighted by molar-refractivity contribution is -0.00844. The summed E-state index contributed by atoms with van der Waals surface area (Å²) < 4.78 is 63.9. The molecule has 3 atom stereocenters. The van der Waals surface area contributed by atoms with Crippen molar-refractivity contribution in [2.75, 3.05) is 12.9 Å². The Labute approximate surface area is 188 Å². The van der Waals surface area contributed by atoms with Crippen LogP contribution in [0.4, 0.5) is 8.78 Å². The number of allylic oxidation sites excluding steroid dienone is 1. The topological polar surface area (TPSA) is 52.6 Å². The molecule has 1 heterocycles. The van der Waals surface area contributed by atoms with E-state index in [1.165, 1.54) is 24.5 Å². The molecule has 4 nitrogen and oxygen atoms in total. The third-order valence-corrected chi connectivity index (χ3v) is 7.97. The van der Waals surface area contributed by atoms with Crippen molar-refractivity contribution in [3.63, 3.8) is 0 Å². The van der Waals surface area contributed by atoms with Crippen LogP contribution in [0.25, 0.3) is 0 Å². The molecule has 1 saturated carbocycles. The fourth-order valence-electron chi connectivity index (χ4n) is 4.69. The van der Waals surface area contributed by atoms with E-state index in [2.05, 4.69) is 0 Å². The van der Waals surface area contributed by atoms with Crippen LogP contribution >= 0.6 is 0 Å². The van der Waals surface area contributed by atoms with Gasteiger partial charge in [0.15, 0.2) is 9.84 Å². The highest BCUT2D eigenvalue weighted by molar-refractivity contribution is 7.94. The number of ether oxygens (including phenoxy) is 2. The summed E-state index contributed by atoms with van der Waals surface area (Å²) in [5, 5.41) is 1.47. The van der Waals surface area contributed by atoms with Crippen molar-refractivity contribution in [1.82, 2.24) is 0 Å². The average Bonchev–Trinajstić information content (AvgIpc) is 2.79. The van der Waals surface area contributed by atoms with Gasteiger partial charge in [-0.1, -0.05) is 31.2 Å². The zero-order chi connectivity index (χ0) is 22.9. The van der Waals surface area contributed by atoms with Gasteiger partial charge in [0.25, 0.3) is 5.92 Å². The monoisotopic (exact) mass is 462 g/mol. The first-order valence-corrected chi connectivity index (χ1v) is 12.7. The quantitative estimate of drug-likeness (QED) is 0.514. The van der Waals surface area contributed by atoms with Crippen LogP contribution in [-0.2, 0) is 20.5 Å². The summed E-state index contributed by atoms with van der Waals surface area (Å²) in [7, 11) is -1.48. The third-order valence-electron chi connectivity index (χ3n) is 6.54. The fourth-order valence-corrected chi connectivity index (χ4v) is 6.19. The predicted molar refractivity (Wildman–Crippen MR) is 120 cm³/mol. The van der Waals surface area contributed by atoms with Crippen LogP contribution in [-0.4, -0.2) is 27.4 Å². The van der Waals surface area contributed by atoms with Crippen LogP contribution in [0.2, 0.25) is 0 Å². The van der Waals surface area contributed by atoms with Gasteiger partial charge in [-0.05, 0) is 60.6 Å². The van der Waals surface area contributed by atoms with E-state index in [-0.39, 0.29) is 35.7 Å². The zero-order valence-corrected chi connectivity index (χ0v) is 19.1. The number of sulfone groups is 1. The molecule has 4 rings (SSSR count). The van der Waals surface area contributed by atoms with Gasteiger partial charge in [-0.3, -0.25) is 0 Å². The van der Waals surface area contributed by atoms with Gasteiger partial charge < -0.3 is 9.47 Å². The number of rotatable bonds is 6. The minimum Gasteiger partial charge on any atom is -0.457 e. The summed E-state index contributed by atoms with van der Waals surface area (Å²) in [4.78, 5) is 0. The highest BCUT2D eigenvalue weighted by atomic mass is 32.2. The number of benzene rings is 2. The molecule has 1 aliphatic carbocycles. The first-order chi connectivity index (χ1) is 15.2. The molecule has 0 saturated heterocycles. The molecule has 2 aromatic rings. The molecule has 1 fully saturated rings. The molecule has 0 N–H and O–H groups in total. The minimum absolute atomic E-state index is 0.0330. The van der Waals surface area contributed by atoms with Gasteiger partial charge in [-0.2, -0.15) is 0 Å². The van der Waals surface area contributed by atoms with Gasteiger partial charge in [-0.25, -0.2) is 17.2 Å². The Bertz CT molecular complexity index is 1090. The Morgan fingerprint density at radius 3 is 2.50 bits per heavy atom. The van der Waals surface area contributed by atoms with Crippen LogP contribution in [0, 0.1) is 5.92 Å². The van der Waals surface area contributed by atoms with Crippen molar-refractivity contribution in [3.05, 3.63) is 70.6 Å². The van der Waals surface area contributed by atoms with Crippen molar-refractivity contribution in [1.29, 1.82) is 0 Å². The Morgan fingerprint density at radius 2 is 1.81 bits per heavy atom. The molecule has 7 heteroatoms. The van der Waals surface area contributed by atoms with Gasteiger partial charge in [0.2, 0.25) is 0 Å². The van der Waals surface area contributed by atoms with Crippen LogP contribution < -0.4 is 4.74 Å². The van der Waals surface area contributed by atoms with E-state index in [1.54, 1.807) is 31.4 Å². The lowest BCUT2D eigenvalue weighted by Crippen LogP contribution is -2.33. The van der Waals surface area contributed by atoms with E-state index in [1.807, 2.05) is 12.1 Å². The second-order valence-corrected chi connectivity index (χ2v) is 10.6. The summed E-state index contributed by atoms with van der Waals surface area (Å²) >= 11 is 0. The predicted octanol–water partition coefficient (Wildman–Crippen LogP) is 6.19. The van der Waals surface area contributed by atoms with E-state index >= 15 is 0 Å². The average molecular weight is 463 g/mol. The normalized spacial score (nSPS) is 25.0. The molecular formula is C25H28F2O4S. The van der Waals surface area contributed by atoms with Crippen LogP contribution in [0.3, 0.4) is 0 Å². The van der Waals surface area contributed by atoms with Gasteiger partial charge >= 0.3 is 0 Å². The maximum atomic E-state index is 14.0. The summed E-state index contributed by atoms with van der Waals surface area (Å²) in [6.07, 6.45) is 2.00. The van der Waals surface area contributed by atoms with E-state index in [4.69, 9.17) is 9.47 Å². The third kappa shape index (κ3) is 4.89. The summed E-state index contributed by atoms with van der Waals surface area (Å²) in [5.41, 5.74) is 1.89. The lowest BCUT2D eigenvalue weighted by Gasteiger charge is -2.39. The molecule has 2 aliphatic rings. The van der Waals surface area contributed by atoms with Crippen molar-refractivity contribution < 1.29 is 26.7 Å². The number of halogens is 2. The van der Waals surface area contributed by atoms with E-state index < -0.39 is 15.8 Å². The smallest absolute Gasteiger partial charge is 0.273 e. The highest BCUT2D eigenvalue weighted by Crippen LogP contribution is 2.46. The second-order valence-electron chi connectivity index (χ2n) is 8.61. The van der Waals surface area contributed by atoms with Crippen molar-refractivity contribution in [2.24, 2.45) is 5.92 Å². The SMILES string of the molecule is CCC(F)(F)c1cccc(Oc2ccc(C3CC(OC)CC4CCS(=O)(=O)C=C43)cc2)c1. The summed E-state index contributed by atoms with van der Waals surface area (Å²) in [6.45, 7) is 1.45. The van der Waals surface area contributed by atoms with Gasteiger partial charge in [-0.15, -0.1) is 0 Å². The van der Waals surface area contributed by atoms with Crippen LogP contribution in [0.1, 0.15) is 49.7 Å². The molecule has 1 aliphatic heterocycles. The molecule has 3 unspecified atom stereocenters. The molecule has 0 radical (unpaired) electrons.